The van der Waals surface area contributed by atoms with E-state index in [1.54, 1.807) is 47.2 Å². The largest absolute Gasteiger partial charge is 0.359 e. The van der Waals surface area contributed by atoms with Crippen LogP contribution in [0.4, 0.5) is 0 Å². The average molecular weight is 612 g/mol. The van der Waals surface area contributed by atoms with E-state index in [0.717, 1.165) is 32.8 Å². The van der Waals surface area contributed by atoms with E-state index in [1.807, 2.05) is 11.4 Å². The van der Waals surface area contributed by atoms with Gasteiger partial charge in [0.2, 0.25) is 0 Å². The van der Waals surface area contributed by atoms with Crippen molar-refractivity contribution in [3.05, 3.63) is 74.1 Å². The van der Waals surface area contributed by atoms with E-state index in [0.29, 0.717) is 16.9 Å². The van der Waals surface area contributed by atoms with E-state index >= 15 is 0 Å². The molecule has 0 aliphatic rings. The van der Waals surface area contributed by atoms with E-state index in [4.69, 9.17) is 11.6 Å². The first-order chi connectivity index (χ1) is 16.3. The standard InChI is InChI=1S/C11H11ClN2S.C11H12N2OS.Cl3OP/c1-7(2)10-6-15-11(14-10)9-5-8(12)3-4-13-9;1-7(2)10-6-15-11(13-10)9-5-8(14)3-4-12-9;1-5(2,3)4/h3-7H,1-2H3;3-7H,1-2H3,(H,12,14);. The second-order valence-electron chi connectivity index (χ2n) is 7.66. The maximum atomic E-state index is 11.2. The molecule has 0 radical (unpaired) electrons. The Morgan fingerprint density at radius 2 is 1.46 bits per heavy atom. The van der Waals surface area contributed by atoms with Crippen LogP contribution in [0.2, 0.25) is 5.02 Å². The minimum Gasteiger partial charge on any atom is -0.359 e. The van der Waals surface area contributed by atoms with Gasteiger partial charge in [-0.15, -0.1) is 22.7 Å². The van der Waals surface area contributed by atoms with Crippen LogP contribution in [0, 0.1) is 0 Å². The Balaban J connectivity index is 0.000000208. The maximum absolute atomic E-state index is 11.2. The topological polar surface area (TPSA) is 88.6 Å². The molecule has 0 aliphatic heterocycles. The summed E-state index contributed by atoms with van der Waals surface area (Å²) in [5.74, 6) is 0.875. The number of nitrogens with one attached hydrogen (secondary N) is 1. The summed E-state index contributed by atoms with van der Waals surface area (Å²) in [6.45, 7) is 8.47. The maximum Gasteiger partial charge on any atom is 0.339 e. The molecule has 0 aromatic carbocycles. The van der Waals surface area contributed by atoms with Gasteiger partial charge in [0.05, 0.1) is 17.1 Å². The molecular formula is C22H23Cl4N4O2PS2. The number of hydrogen-bond acceptors (Lipinski definition) is 7. The summed E-state index contributed by atoms with van der Waals surface area (Å²) in [6, 6.07) is 6.68. The zero-order valence-electron chi connectivity index (χ0n) is 19.2. The summed E-state index contributed by atoms with van der Waals surface area (Å²) in [6.07, 6.45) is 3.35. The van der Waals surface area contributed by atoms with E-state index in [9.17, 15) is 9.36 Å². The number of aromatic nitrogens is 4. The van der Waals surface area contributed by atoms with Gasteiger partial charge in [0, 0.05) is 40.3 Å². The van der Waals surface area contributed by atoms with Crippen LogP contribution < -0.4 is 5.43 Å². The first-order valence-electron chi connectivity index (χ1n) is 10.2. The van der Waals surface area contributed by atoms with Crippen LogP contribution in [0.3, 0.4) is 0 Å². The molecule has 6 nitrogen and oxygen atoms in total. The molecule has 0 spiro atoms. The molecule has 0 atom stereocenters. The first kappa shape index (κ1) is 30.0. The van der Waals surface area contributed by atoms with Crippen molar-refractivity contribution in [3.8, 4) is 21.4 Å². The zero-order valence-corrected chi connectivity index (χ0v) is 24.8. The number of aromatic amines is 1. The van der Waals surface area contributed by atoms with Gasteiger partial charge in [0.1, 0.15) is 15.7 Å². The van der Waals surface area contributed by atoms with E-state index in [1.165, 1.54) is 6.07 Å². The lowest BCUT2D eigenvalue weighted by atomic mass is 10.2. The Morgan fingerprint density at radius 1 is 0.914 bits per heavy atom. The number of rotatable bonds is 4. The van der Waals surface area contributed by atoms with E-state index in [2.05, 4.69) is 86.7 Å². The van der Waals surface area contributed by atoms with Crippen molar-refractivity contribution in [1.29, 1.82) is 0 Å². The second-order valence-corrected chi connectivity index (χ2v) is 16.5. The van der Waals surface area contributed by atoms with Crippen molar-refractivity contribution in [2.75, 3.05) is 0 Å². The van der Waals surface area contributed by atoms with Gasteiger partial charge in [0.25, 0.3) is 0 Å². The highest BCUT2D eigenvalue weighted by molar-refractivity contribution is 8.24. The predicted molar refractivity (Wildman–Crippen MR) is 152 cm³/mol. The predicted octanol–water partition coefficient (Wildman–Crippen LogP) is 9.41. The zero-order chi connectivity index (χ0) is 26.2. The third-order valence-corrected chi connectivity index (χ3v) is 6.18. The SMILES string of the molecule is CC(C)c1csc(-c2cc(=O)cc[nH]2)n1.CC(C)c1csc(-c2cc(Cl)ccn2)n1.O=P(Cl)(Cl)Cl. The smallest absolute Gasteiger partial charge is 0.339 e. The third kappa shape index (κ3) is 11.1. The van der Waals surface area contributed by atoms with Crippen LogP contribution in [0.5, 0.6) is 0 Å². The molecule has 35 heavy (non-hydrogen) atoms. The monoisotopic (exact) mass is 610 g/mol. The van der Waals surface area contributed by atoms with E-state index in [-0.39, 0.29) is 5.43 Å². The van der Waals surface area contributed by atoms with Gasteiger partial charge in [-0.25, -0.2) is 9.97 Å². The second kappa shape index (κ2) is 13.9. The Labute approximate surface area is 231 Å². The highest BCUT2D eigenvalue weighted by Crippen LogP contribution is 2.61. The van der Waals surface area contributed by atoms with Crippen molar-refractivity contribution >= 4 is 73.2 Å². The highest BCUT2D eigenvalue weighted by atomic mass is 36.0. The van der Waals surface area contributed by atoms with Gasteiger partial charge in [-0.05, 0) is 57.7 Å². The molecule has 188 valence electrons. The summed E-state index contributed by atoms with van der Waals surface area (Å²) >= 11 is 22.9. The van der Waals surface area contributed by atoms with Gasteiger partial charge in [0.15, 0.2) is 5.43 Å². The Kier molecular flexibility index (Phi) is 11.9. The highest BCUT2D eigenvalue weighted by Gasteiger charge is 2.09. The number of H-pyrrole nitrogens is 1. The quantitative estimate of drug-likeness (QED) is 0.232. The lowest BCUT2D eigenvalue weighted by molar-refractivity contribution is 0.600. The molecule has 0 saturated carbocycles. The molecule has 0 amide bonds. The van der Waals surface area contributed by atoms with Gasteiger partial charge >= 0.3 is 5.20 Å². The van der Waals surface area contributed by atoms with Crippen LogP contribution in [-0.2, 0) is 4.57 Å². The van der Waals surface area contributed by atoms with Gasteiger partial charge in [-0.1, -0.05) is 39.3 Å². The normalized spacial score (nSPS) is 11.0. The summed E-state index contributed by atoms with van der Waals surface area (Å²) in [7, 11) is 0. The molecule has 0 fully saturated rings. The van der Waals surface area contributed by atoms with Crippen LogP contribution in [0.25, 0.3) is 21.4 Å². The molecule has 0 unspecified atom stereocenters. The Hall–Kier alpha value is -1.25. The first-order valence-corrected chi connectivity index (χ1v) is 16.8. The average Bonchev–Trinajstić information content (AvgIpc) is 3.44. The number of nitrogens with zero attached hydrogens (tertiary/aromatic N) is 3. The molecular weight excluding hydrogens is 589 g/mol. The molecule has 4 aromatic rings. The molecule has 4 heterocycles. The summed E-state index contributed by atoms with van der Waals surface area (Å²) < 4.78 is 9.51. The number of thiazole rings is 2. The fourth-order valence-corrected chi connectivity index (χ4v) is 4.50. The van der Waals surface area contributed by atoms with Crippen molar-refractivity contribution in [2.45, 2.75) is 39.5 Å². The Bertz CT molecular complexity index is 1330. The molecule has 0 bridgehead atoms. The van der Waals surface area contributed by atoms with Gasteiger partial charge in [-0.2, -0.15) is 0 Å². The number of pyridine rings is 2. The number of hydrogen-bond donors (Lipinski definition) is 1. The van der Waals surface area contributed by atoms with Crippen LogP contribution in [0.15, 0.2) is 52.2 Å². The molecule has 1 N–H and O–H groups in total. The van der Waals surface area contributed by atoms with Gasteiger partial charge in [-0.3, -0.25) is 14.3 Å². The van der Waals surface area contributed by atoms with Crippen molar-refractivity contribution < 1.29 is 4.57 Å². The minimum absolute atomic E-state index is 0.00467. The molecule has 0 saturated heterocycles. The van der Waals surface area contributed by atoms with Crippen LogP contribution in [0.1, 0.15) is 50.9 Å². The Morgan fingerprint density at radius 3 is 1.94 bits per heavy atom. The third-order valence-electron chi connectivity index (χ3n) is 4.17. The lowest BCUT2D eigenvalue weighted by Crippen LogP contribution is -1.98. The lowest BCUT2D eigenvalue weighted by Gasteiger charge is -1.98. The fraction of sp³-hybridized carbons (Fsp3) is 0.273. The summed E-state index contributed by atoms with van der Waals surface area (Å²) in [5, 5.41) is 3.38. The summed E-state index contributed by atoms with van der Waals surface area (Å²) in [4.78, 5) is 27.4. The molecule has 4 rings (SSSR count). The van der Waals surface area contributed by atoms with Crippen LogP contribution >= 0.6 is 73.2 Å². The van der Waals surface area contributed by atoms with Crippen LogP contribution in [-0.4, -0.2) is 19.9 Å². The number of halogens is 4. The van der Waals surface area contributed by atoms with Gasteiger partial charge < -0.3 is 4.98 Å². The summed E-state index contributed by atoms with van der Waals surface area (Å²) in [5.41, 5.74) is 3.82. The molecule has 0 aliphatic carbocycles. The van der Waals surface area contributed by atoms with E-state index < -0.39 is 5.20 Å². The molecule has 4 aromatic heterocycles. The van der Waals surface area contributed by atoms with Crippen molar-refractivity contribution in [2.24, 2.45) is 0 Å². The fourth-order valence-electron chi connectivity index (χ4n) is 2.43. The molecule has 13 heteroatoms. The minimum atomic E-state index is -3.22. The van der Waals surface area contributed by atoms with Crippen molar-refractivity contribution in [1.82, 2.24) is 19.9 Å². The van der Waals surface area contributed by atoms with Crippen molar-refractivity contribution in [3.63, 3.8) is 0 Å².